The number of hydrogen-bond acceptors (Lipinski definition) is 5. The molecule has 160 valence electrons. The molecule has 0 N–H and O–H groups in total. The molecule has 0 unspecified atom stereocenters. The van der Waals surface area contributed by atoms with Crippen LogP contribution in [0.5, 0.6) is 0 Å². The lowest BCUT2D eigenvalue weighted by Crippen LogP contribution is -2.50. The normalized spacial score (nSPS) is 15.8. The summed E-state index contributed by atoms with van der Waals surface area (Å²) in [6.07, 6.45) is 1.40. The number of fused-ring (bicyclic) bond motifs is 1. The zero-order valence-electron chi connectivity index (χ0n) is 16.4. The number of hydrogen-bond donors (Lipinski definition) is 0. The summed E-state index contributed by atoms with van der Waals surface area (Å²) >= 11 is 13.8. The Morgan fingerprint density at radius 3 is 2.53 bits per heavy atom. The van der Waals surface area contributed by atoms with Gasteiger partial charge in [-0.25, -0.2) is 8.42 Å². The molecule has 1 amide bonds. The molecular weight excluding hydrogens is 467 g/mol. The van der Waals surface area contributed by atoms with E-state index < -0.39 is 10.0 Å². The number of piperazine rings is 1. The summed E-state index contributed by atoms with van der Waals surface area (Å²) in [7, 11) is -3.66. The SMILES string of the molecule is CCn1ncc(S(=O)(=O)N2CCN(C(=O)c3sc4cc(Cl)ccc4c3Cl)CC2)c1C. The first-order valence-corrected chi connectivity index (χ1v) is 12.4. The Morgan fingerprint density at radius 1 is 1.20 bits per heavy atom. The summed E-state index contributed by atoms with van der Waals surface area (Å²) < 4.78 is 30.0. The van der Waals surface area contributed by atoms with Crippen LogP contribution >= 0.6 is 34.5 Å². The number of rotatable bonds is 4. The molecule has 0 bridgehead atoms. The maximum Gasteiger partial charge on any atom is 0.265 e. The maximum absolute atomic E-state index is 13.0. The Bertz CT molecular complexity index is 1230. The number of thiophene rings is 1. The van der Waals surface area contributed by atoms with Gasteiger partial charge in [0, 0.05) is 47.8 Å². The van der Waals surface area contributed by atoms with Gasteiger partial charge in [0.25, 0.3) is 5.91 Å². The molecule has 30 heavy (non-hydrogen) atoms. The molecule has 11 heteroatoms. The third kappa shape index (κ3) is 3.62. The van der Waals surface area contributed by atoms with Gasteiger partial charge in [-0.2, -0.15) is 9.40 Å². The van der Waals surface area contributed by atoms with Gasteiger partial charge in [0.2, 0.25) is 10.0 Å². The molecule has 1 aromatic carbocycles. The molecule has 3 aromatic rings. The average Bonchev–Trinajstić information content (AvgIpc) is 3.27. The largest absolute Gasteiger partial charge is 0.335 e. The van der Waals surface area contributed by atoms with E-state index in [2.05, 4.69) is 5.10 Å². The molecule has 1 aliphatic heterocycles. The van der Waals surface area contributed by atoms with Crippen molar-refractivity contribution in [3.8, 4) is 0 Å². The molecule has 0 aliphatic carbocycles. The molecule has 2 aromatic heterocycles. The number of aromatic nitrogens is 2. The lowest BCUT2D eigenvalue weighted by Gasteiger charge is -2.33. The van der Waals surface area contributed by atoms with Gasteiger partial charge in [0.15, 0.2) is 0 Å². The second-order valence-corrected chi connectivity index (χ2v) is 10.8. The number of amides is 1. The number of halogens is 2. The van der Waals surface area contributed by atoms with Crippen LogP contribution in [-0.2, 0) is 16.6 Å². The van der Waals surface area contributed by atoms with E-state index in [1.807, 2.05) is 6.92 Å². The third-order valence-electron chi connectivity index (χ3n) is 5.29. The highest BCUT2D eigenvalue weighted by molar-refractivity contribution is 7.89. The molecule has 0 spiro atoms. The highest BCUT2D eigenvalue weighted by Gasteiger charge is 2.33. The average molecular weight is 487 g/mol. The van der Waals surface area contributed by atoms with Gasteiger partial charge in [-0.15, -0.1) is 11.3 Å². The van der Waals surface area contributed by atoms with Crippen molar-refractivity contribution in [1.82, 2.24) is 19.0 Å². The van der Waals surface area contributed by atoms with Gasteiger partial charge in [-0.05, 0) is 26.0 Å². The van der Waals surface area contributed by atoms with Crippen molar-refractivity contribution in [1.29, 1.82) is 0 Å². The number of benzene rings is 1. The standard InChI is InChI=1S/C19H20Cl2N4O3S2/c1-3-25-12(2)16(11-22-25)30(27,28)24-8-6-23(7-9-24)19(26)18-17(21)14-5-4-13(20)10-15(14)29-18/h4-5,10-11H,3,6-9H2,1-2H3. The summed E-state index contributed by atoms with van der Waals surface area (Å²) in [5.41, 5.74) is 0.617. The molecule has 4 rings (SSSR count). The van der Waals surface area contributed by atoms with Crippen LogP contribution in [0.15, 0.2) is 29.3 Å². The van der Waals surface area contributed by atoms with Crippen LogP contribution in [-0.4, -0.2) is 59.5 Å². The lowest BCUT2D eigenvalue weighted by molar-refractivity contribution is 0.0703. The summed E-state index contributed by atoms with van der Waals surface area (Å²) in [5, 5.41) is 5.92. The van der Waals surface area contributed by atoms with Crippen LogP contribution in [0.2, 0.25) is 10.0 Å². The second-order valence-electron chi connectivity index (χ2n) is 6.99. The molecule has 7 nitrogen and oxygen atoms in total. The van der Waals surface area contributed by atoms with Gasteiger partial charge in [0.1, 0.15) is 9.77 Å². The van der Waals surface area contributed by atoms with E-state index in [0.717, 1.165) is 10.1 Å². The fraction of sp³-hybridized carbons (Fsp3) is 0.368. The van der Waals surface area contributed by atoms with E-state index in [4.69, 9.17) is 23.2 Å². The van der Waals surface area contributed by atoms with Crippen molar-refractivity contribution >= 4 is 60.6 Å². The summed E-state index contributed by atoms with van der Waals surface area (Å²) in [6.45, 7) is 5.30. The van der Waals surface area contributed by atoms with Gasteiger partial charge in [-0.1, -0.05) is 29.3 Å². The van der Waals surface area contributed by atoms with Crippen LogP contribution in [0.1, 0.15) is 22.3 Å². The third-order valence-corrected chi connectivity index (χ3v) is 9.17. The van der Waals surface area contributed by atoms with Crippen LogP contribution in [0.3, 0.4) is 0 Å². The zero-order valence-corrected chi connectivity index (χ0v) is 19.6. The minimum atomic E-state index is -3.66. The smallest absolute Gasteiger partial charge is 0.265 e. The Labute approximate surface area is 188 Å². The number of carbonyl (C=O) groups is 1. The number of aryl methyl sites for hydroxylation is 1. The lowest BCUT2D eigenvalue weighted by atomic mass is 10.2. The molecule has 0 saturated carbocycles. The van der Waals surface area contributed by atoms with Crippen molar-refractivity contribution < 1.29 is 13.2 Å². The molecule has 0 atom stereocenters. The summed E-state index contributed by atoms with van der Waals surface area (Å²) in [6, 6.07) is 5.33. The Balaban J connectivity index is 1.51. The molecule has 0 radical (unpaired) electrons. The predicted molar refractivity (Wildman–Crippen MR) is 119 cm³/mol. The first-order chi connectivity index (χ1) is 14.2. The fourth-order valence-electron chi connectivity index (χ4n) is 3.59. The van der Waals surface area contributed by atoms with Crippen molar-refractivity contribution in [2.24, 2.45) is 0 Å². The Morgan fingerprint density at radius 2 is 1.90 bits per heavy atom. The Hall–Kier alpha value is -1.65. The molecular formula is C19H20Cl2N4O3S2. The quantitative estimate of drug-likeness (QED) is 0.560. The monoisotopic (exact) mass is 486 g/mol. The molecule has 1 fully saturated rings. The minimum absolute atomic E-state index is 0.190. The number of nitrogens with zero attached hydrogens (tertiary/aromatic N) is 4. The molecule has 1 saturated heterocycles. The topological polar surface area (TPSA) is 75.5 Å². The zero-order chi connectivity index (χ0) is 21.6. The van der Waals surface area contributed by atoms with Crippen LogP contribution in [0, 0.1) is 6.92 Å². The first kappa shape index (κ1) is 21.6. The van der Waals surface area contributed by atoms with Crippen LogP contribution < -0.4 is 0 Å². The minimum Gasteiger partial charge on any atom is -0.335 e. The van der Waals surface area contributed by atoms with Gasteiger partial charge in [0.05, 0.1) is 16.9 Å². The van der Waals surface area contributed by atoms with Crippen LogP contribution in [0.25, 0.3) is 10.1 Å². The van der Waals surface area contributed by atoms with E-state index >= 15 is 0 Å². The van der Waals surface area contributed by atoms with Crippen molar-refractivity contribution in [3.05, 3.63) is 45.0 Å². The second kappa shape index (κ2) is 8.12. The number of sulfonamides is 1. The molecule has 3 heterocycles. The summed E-state index contributed by atoms with van der Waals surface area (Å²) in [4.78, 5) is 15.3. The highest BCUT2D eigenvalue weighted by atomic mass is 35.5. The van der Waals surface area contributed by atoms with Gasteiger partial charge >= 0.3 is 0 Å². The van der Waals surface area contributed by atoms with Gasteiger partial charge in [-0.3, -0.25) is 9.48 Å². The van der Waals surface area contributed by atoms with Crippen molar-refractivity contribution in [2.75, 3.05) is 26.2 Å². The maximum atomic E-state index is 13.0. The van der Waals surface area contributed by atoms with Gasteiger partial charge < -0.3 is 4.90 Å². The highest BCUT2D eigenvalue weighted by Crippen LogP contribution is 2.37. The molecule has 1 aliphatic rings. The van der Waals surface area contributed by atoms with Crippen molar-refractivity contribution in [3.63, 3.8) is 0 Å². The van der Waals surface area contributed by atoms with Crippen molar-refractivity contribution in [2.45, 2.75) is 25.3 Å². The van der Waals surface area contributed by atoms with E-state index in [1.165, 1.54) is 21.8 Å². The number of carbonyl (C=O) groups excluding carboxylic acids is 1. The predicted octanol–water partition coefficient (Wildman–Crippen LogP) is 3.88. The summed E-state index contributed by atoms with van der Waals surface area (Å²) in [5.74, 6) is -0.190. The fourth-order valence-corrected chi connectivity index (χ4v) is 6.93. The van der Waals surface area contributed by atoms with E-state index in [9.17, 15) is 13.2 Å². The van der Waals surface area contributed by atoms with E-state index in [0.29, 0.717) is 40.3 Å². The van der Waals surface area contributed by atoms with Crippen LogP contribution in [0.4, 0.5) is 0 Å². The first-order valence-electron chi connectivity index (χ1n) is 9.43. The van der Waals surface area contributed by atoms with E-state index in [1.54, 1.807) is 34.7 Å². The van der Waals surface area contributed by atoms with E-state index in [-0.39, 0.29) is 23.9 Å². The Kier molecular flexibility index (Phi) is 5.84.